The number of rotatable bonds is 6. The molecule has 5 heteroatoms. The van der Waals surface area contributed by atoms with Gasteiger partial charge in [0.2, 0.25) is 0 Å². The summed E-state index contributed by atoms with van der Waals surface area (Å²) in [5.74, 6) is 0.989. The van der Waals surface area contributed by atoms with Crippen molar-refractivity contribution in [1.29, 1.82) is 0 Å². The molecule has 0 spiro atoms. The van der Waals surface area contributed by atoms with Crippen molar-refractivity contribution in [2.24, 2.45) is 0 Å². The van der Waals surface area contributed by atoms with Crippen LogP contribution in [0, 0.1) is 0 Å². The molecule has 0 radical (unpaired) electrons. The summed E-state index contributed by atoms with van der Waals surface area (Å²) in [5.41, 5.74) is 1.03. The monoisotopic (exact) mass is 278 g/mol. The van der Waals surface area contributed by atoms with Crippen molar-refractivity contribution in [2.45, 2.75) is 5.75 Å². The predicted molar refractivity (Wildman–Crippen MR) is 74.4 cm³/mol. The summed E-state index contributed by atoms with van der Waals surface area (Å²) in [5, 5.41) is 17.9. The first-order chi connectivity index (χ1) is 9.22. The molecule has 1 heterocycles. The molecule has 0 saturated carbocycles. The molecule has 4 nitrogen and oxygen atoms in total. The van der Waals surface area contributed by atoms with Gasteiger partial charge in [-0.2, -0.15) is 11.8 Å². The summed E-state index contributed by atoms with van der Waals surface area (Å²) in [6.07, 6.45) is 0. The number of aromatic carboxylic acids is 1. The molecule has 0 unspecified atom stereocenters. The fourth-order valence-corrected chi connectivity index (χ4v) is 2.36. The van der Waals surface area contributed by atoms with E-state index >= 15 is 0 Å². The van der Waals surface area contributed by atoms with Gasteiger partial charge in [0, 0.05) is 11.3 Å². The first-order valence-electron chi connectivity index (χ1n) is 5.82. The fraction of sp³-hybridized carbons (Fsp3) is 0.214. The van der Waals surface area contributed by atoms with Crippen molar-refractivity contribution in [3.63, 3.8) is 0 Å². The molecule has 19 heavy (non-hydrogen) atoms. The van der Waals surface area contributed by atoms with Crippen molar-refractivity contribution in [3.8, 4) is 11.3 Å². The number of hydrogen-bond acceptors (Lipinski definition) is 4. The van der Waals surface area contributed by atoms with E-state index in [0.29, 0.717) is 23.0 Å². The summed E-state index contributed by atoms with van der Waals surface area (Å²) >= 11 is 1.44. The van der Waals surface area contributed by atoms with E-state index < -0.39 is 5.97 Å². The zero-order valence-corrected chi connectivity index (χ0v) is 11.0. The molecule has 0 aliphatic rings. The van der Waals surface area contributed by atoms with Gasteiger partial charge in [0.25, 0.3) is 0 Å². The Kier molecular flexibility index (Phi) is 4.65. The van der Waals surface area contributed by atoms with Crippen LogP contribution < -0.4 is 0 Å². The van der Waals surface area contributed by atoms with E-state index in [0.717, 1.165) is 5.56 Å². The van der Waals surface area contributed by atoms with E-state index in [2.05, 4.69) is 0 Å². The third-order valence-electron chi connectivity index (χ3n) is 2.57. The van der Waals surface area contributed by atoms with Gasteiger partial charge in [-0.25, -0.2) is 4.79 Å². The van der Waals surface area contributed by atoms with Crippen LogP contribution in [0.1, 0.15) is 16.1 Å². The standard InChI is InChI=1S/C14H14O4S/c15-6-7-19-9-13-11(14(16)17)8-12(18-13)10-4-2-1-3-5-10/h1-5,8,15H,6-7,9H2,(H,16,17). The van der Waals surface area contributed by atoms with Gasteiger partial charge >= 0.3 is 5.97 Å². The minimum absolute atomic E-state index is 0.0688. The maximum Gasteiger partial charge on any atom is 0.339 e. The molecule has 0 aliphatic carbocycles. The zero-order valence-electron chi connectivity index (χ0n) is 10.2. The molecule has 2 N–H and O–H groups in total. The summed E-state index contributed by atoms with van der Waals surface area (Å²) < 4.78 is 5.63. The molecule has 1 aromatic heterocycles. The molecular weight excluding hydrogens is 264 g/mol. The molecule has 2 aromatic rings. The van der Waals surface area contributed by atoms with Gasteiger partial charge < -0.3 is 14.6 Å². The Morgan fingerprint density at radius 3 is 2.63 bits per heavy atom. The van der Waals surface area contributed by atoms with Gasteiger partial charge in [-0.1, -0.05) is 30.3 Å². The van der Waals surface area contributed by atoms with Crippen LogP contribution in [0.2, 0.25) is 0 Å². The van der Waals surface area contributed by atoms with Gasteiger partial charge in [0.15, 0.2) is 0 Å². The molecule has 0 atom stereocenters. The number of hydrogen-bond donors (Lipinski definition) is 2. The highest BCUT2D eigenvalue weighted by Crippen LogP contribution is 2.28. The number of carbonyl (C=O) groups is 1. The average Bonchev–Trinajstić information content (AvgIpc) is 2.84. The Hall–Kier alpha value is -1.72. The Balaban J connectivity index is 2.27. The van der Waals surface area contributed by atoms with E-state index in [1.54, 1.807) is 6.07 Å². The third-order valence-corrected chi connectivity index (χ3v) is 3.50. The number of thioether (sulfide) groups is 1. The number of aliphatic hydroxyl groups is 1. The van der Waals surface area contributed by atoms with Crippen LogP contribution in [0.5, 0.6) is 0 Å². The van der Waals surface area contributed by atoms with Gasteiger partial charge in [-0.05, 0) is 6.07 Å². The van der Waals surface area contributed by atoms with Gasteiger partial charge in [-0.3, -0.25) is 0 Å². The second-order valence-corrected chi connectivity index (χ2v) is 5.00. The van der Waals surface area contributed by atoms with Crippen LogP contribution >= 0.6 is 11.8 Å². The smallest absolute Gasteiger partial charge is 0.339 e. The number of benzene rings is 1. The lowest BCUT2D eigenvalue weighted by molar-refractivity contribution is 0.0695. The minimum atomic E-state index is -0.995. The van der Waals surface area contributed by atoms with Crippen molar-refractivity contribution in [2.75, 3.05) is 12.4 Å². The van der Waals surface area contributed by atoms with Crippen molar-refractivity contribution in [3.05, 3.63) is 47.7 Å². The second-order valence-electron chi connectivity index (χ2n) is 3.89. The molecular formula is C14H14O4S. The van der Waals surface area contributed by atoms with E-state index in [9.17, 15) is 4.79 Å². The Morgan fingerprint density at radius 2 is 2.00 bits per heavy atom. The molecule has 0 aliphatic heterocycles. The molecule has 2 rings (SSSR count). The minimum Gasteiger partial charge on any atom is -0.478 e. The molecule has 100 valence electrons. The van der Waals surface area contributed by atoms with E-state index in [1.807, 2.05) is 30.3 Å². The summed E-state index contributed by atoms with van der Waals surface area (Å²) in [6, 6.07) is 10.9. The summed E-state index contributed by atoms with van der Waals surface area (Å²) in [4.78, 5) is 11.2. The van der Waals surface area contributed by atoms with Crippen LogP contribution in [0.25, 0.3) is 11.3 Å². The molecule has 0 saturated heterocycles. The van der Waals surface area contributed by atoms with Crippen LogP contribution in [0.3, 0.4) is 0 Å². The lowest BCUT2D eigenvalue weighted by Crippen LogP contribution is -1.98. The Bertz CT molecular complexity index is 548. The summed E-state index contributed by atoms with van der Waals surface area (Å²) in [6.45, 7) is 0.0688. The highest BCUT2D eigenvalue weighted by molar-refractivity contribution is 7.98. The number of carboxylic acids is 1. The molecule has 0 fully saturated rings. The quantitative estimate of drug-likeness (QED) is 0.795. The fourth-order valence-electron chi connectivity index (χ4n) is 1.69. The number of carboxylic acid groups (broad SMARTS) is 1. The largest absolute Gasteiger partial charge is 0.478 e. The van der Waals surface area contributed by atoms with Crippen LogP contribution in [0.15, 0.2) is 40.8 Å². The molecule has 0 amide bonds. The van der Waals surface area contributed by atoms with Crippen LogP contribution in [0.4, 0.5) is 0 Å². The van der Waals surface area contributed by atoms with Crippen LogP contribution in [-0.2, 0) is 5.75 Å². The highest BCUT2D eigenvalue weighted by Gasteiger charge is 2.17. The first kappa shape index (κ1) is 13.7. The van der Waals surface area contributed by atoms with Crippen molar-refractivity contribution >= 4 is 17.7 Å². The third kappa shape index (κ3) is 3.39. The molecule has 1 aromatic carbocycles. The van der Waals surface area contributed by atoms with Crippen molar-refractivity contribution < 1.29 is 19.4 Å². The van der Waals surface area contributed by atoms with E-state index in [-0.39, 0.29) is 12.2 Å². The van der Waals surface area contributed by atoms with E-state index in [1.165, 1.54) is 11.8 Å². The maximum atomic E-state index is 11.2. The van der Waals surface area contributed by atoms with Crippen LogP contribution in [-0.4, -0.2) is 28.5 Å². The lowest BCUT2D eigenvalue weighted by atomic mass is 10.1. The van der Waals surface area contributed by atoms with Gasteiger partial charge in [-0.15, -0.1) is 0 Å². The van der Waals surface area contributed by atoms with Crippen molar-refractivity contribution in [1.82, 2.24) is 0 Å². The van der Waals surface area contributed by atoms with Gasteiger partial charge in [0.1, 0.15) is 17.1 Å². The van der Waals surface area contributed by atoms with E-state index in [4.69, 9.17) is 14.6 Å². The Labute approximate surface area is 115 Å². The normalized spacial score (nSPS) is 10.6. The Morgan fingerprint density at radius 1 is 1.26 bits per heavy atom. The van der Waals surface area contributed by atoms with Gasteiger partial charge in [0.05, 0.1) is 12.4 Å². The number of furan rings is 1. The average molecular weight is 278 g/mol. The lowest BCUT2D eigenvalue weighted by Gasteiger charge is -1.98. The first-order valence-corrected chi connectivity index (χ1v) is 6.98. The zero-order chi connectivity index (χ0) is 13.7. The second kappa shape index (κ2) is 6.45. The predicted octanol–water partition coefficient (Wildman–Crippen LogP) is 2.87. The summed E-state index contributed by atoms with van der Waals surface area (Å²) in [7, 11) is 0. The topological polar surface area (TPSA) is 70.7 Å². The SMILES string of the molecule is O=C(O)c1cc(-c2ccccc2)oc1CSCCO. The maximum absolute atomic E-state index is 11.2. The number of aliphatic hydroxyl groups excluding tert-OH is 1. The highest BCUT2D eigenvalue weighted by atomic mass is 32.2. The molecule has 0 bridgehead atoms.